The summed E-state index contributed by atoms with van der Waals surface area (Å²) in [5.74, 6) is 0.363. The van der Waals surface area contributed by atoms with Crippen molar-refractivity contribution in [2.24, 2.45) is 5.73 Å². The van der Waals surface area contributed by atoms with Gasteiger partial charge in [-0.3, -0.25) is 14.4 Å². The number of aryl methyl sites for hydroxylation is 1. The van der Waals surface area contributed by atoms with Gasteiger partial charge in [-0.2, -0.15) is 0 Å². The Hall–Kier alpha value is -3.55. The minimum absolute atomic E-state index is 0.0783. The molecule has 1 fully saturated rings. The molecule has 1 saturated heterocycles. The Morgan fingerprint density at radius 3 is 2.76 bits per heavy atom. The summed E-state index contributed by atoms with van der Waals surface area (Å²) in [5, 5.41) is 2.84. The van der Waals surface area contributed by atoms with Gasteiger partial charge >= 0.3 is 0 Å². The second-order valence-corrected chi connectivity index (χ2v) is 7.15. The number of likely N-dealkylation sites (tertiary alicyclic amines) is 1. The van der Waals surface area contributed by atoms with Crippen LogP contribution in [-0.4, -0.2) is 35.5 Å². The number of carbonyl (C=O) groups excluding carboxylic acids is 3. The van der Waals surface area contributed by atoms with Gasteiger partial charge in [-0.1, -0.05) is 12.1 Å². The molecule has 29 heavy (non-hydrogen) atoms. The maximum atomic E-state index is 12.9. The molecule has 8 heteroatoms. The lowest BCUT2D eigenvalue weighted by atomic mass is 10.1. The zero-order chi connectivity index (χ0) is 20.5. The van der Waals surface area contributed by atoms with Crippen LogP contribution in [0, 0.1) is 6.92 Å². The highest BCUT2D eigenvalue weighted by Crippen LogP contribution is 2.33. The van der Waals surface area contributed by atoms with Gasteiger partial charge in [0, 0.05) is 24.2 Å². The largest absolute Gasteiger partial charge is 0.454 e. The summed E-state index contributed by atoms with van der Waals surface area (Å²) in [6.45, 7) is 2.30. The zero-order valence-corrected chi connectivity index (χ0v) is 15.9. The van der Waals surface area contributed by atoms with Crippen molar-refractivity contribution in [1.29, 1.82) is 0 Å². The summed E-state index contributed by atoms with van der Waals surface area (Å²) in [4.78, 5) is 38.3. The van der Waals surface area contributed by atoms with E-state index in [1.165, 1.54) is 0 Å². The van der Waals surface area contributed by atoms with Gasteiger partial charge in [-0.15, -0.1) is 0 Å². The summed E-state index contributed by atoms with van der Waals surface area (Å²) in [6.07, 6.45) is 0.743. The number of nitrogens with two attached hydrogens (primary N) is 1. The molecule has 3 amide bonds. The van der Waals surface area contributed by atoms with E-state index in [1.54, 1.807) is 29.2 Å². The molecule has 2 heterocycles. The van der Waals surface area contributed by atoms with Crippen molar-refractivity contribution >= 4 is 23.4 Å². The Bertz CT molecular complexity index is 1000. The van der Waals surface area contributed by atoms with Gasteiger partial charge in [-0.25, -0.2) is 0 Å². The Balaban J connectivity index is 1.51. The van der Waals surface area contributed by atoms with Crippen LogP contribution in [0.15, 0.2) is 36.4 Å². The van der Waals surface area contributed by atoms with Crippen LogP contribution in [0.5, 0.6) is 11.5 Å². The van der Waals surface area contributed by atoms with Crippen LogP contribution in [0.1, 0.15) is 34.3 Å². The molecule has 3 N–H and O–H groups in total. The number of hydrogen-bond donors (Lipinski definition) is 2. The Labute approximate surface area is 167 Å². The van der Waals surface area contributed by atoms with Gasteiger partial charge in [0.15, 0.2) is 11.5 Å². The molecule has 2 aromatic rings. The normalized spacial score (nSPS) is 17.5. The van der Waals surface area contributed by atoms with Gasteiger partial charge in [0.25, 0.3) is 0 Å². The minimum atomic E-state index is -0.593. The summed E-state index contributed by atoms with van der Waals surface area (Å²) in [7, 11) is 0. The minimum Gasteiger partial charge on any atom is -0.454 e. The molecule has 0 saturated carbocycles. The maximum Gasteiger partial charge on any atom is 0.248 e. The number of anilines is 1. The molecule has 1 unspecified atom stereocenters. The first kappa shape index (κ1) is 18.8. The van der Waals surface area contributed by atoms with Gasteiger partial charge in [0.2, 0.25) is 24.5 Å². The quantitative estimate of drug-likeness (QED) is 0.804. The highest BCUT2D eigenvalue weighted by Gasteiger charge is 2.36. The second-order valence-electron chi connectivity index (χ2n) is 7.15. The number of hydrogen-bond acceptors (Lipinski definition) is 5. The average Bonchev–Trinajstić information content (AvgIpc) is 3.30. The van der Waals surface area contributed by atoms with E-state index in [0.29, 0.717) is 42.1 Å². The Morgan fingerprint density at radius 2 is 1.97 bits per heavy atom. The third kappa shape index (κ3) is 3.73. The molecular formula is C21H21N3O5. The number of fused-ring (bicyclic) bond motifs is 1. The number of ether oxygens (including phenoxy) is 2. The molecule has 4 rings (SSSR count). The number of rotatable bonds is 5. The van der Waals surface area contributed by atoms with Gasteiger partial charge in [-0.05, 0) is 48.7 Å². The first-order valence-electron chi connectivity index (χ1n) is 9.31. The smallest absolute Gasteiger partial charge is 0.248 e. The highest BCUT2D eigenvalue weighted by atomic mass is 16.7. The van der Waals surface area contributed by atoms with Crippen LogP contribution in [0.3, 0.4) is 0 Å². The molecule has 0 radical (unpaired) electrons. The zero-order valence-electron chi connectivity index (χ0n) is 15.9. The van der Waals surface area contributed by atoms with Gasteiger partial charge in [0.1, 0.15) is 6.04 Å². The molecule has 2 aliphatic heterocycles. The Morgan fingerprint density at radius 1 is 1.17 bits per heavy atom. The Kier molecular flexibility index (Phi) is 4.84. The van der Waals surface area contributed by atoms with Gasteiger partial charge in [0.05, 0.1) is 0 Å². The van der Waals surface area contributed by atoms with Crippen molar-refractivity contribution in [3.63, 3.8) is 0 Å². The van der Waals surface area contributed by atoms with E-state index in [0.717, 1.165) is 11.1 Å². The van der Waals surface area contributed by atoms with Crippen molar-refractivity contribution in [2.45, 2.75) is 32.4 Å². The fourth-order valence-electron chi connectivity index (χ4n) is 3.57. The van der Waals surface area contributed by atoms with E-state index in [-0.39, 0.29) is 18.6 Å². The molecule has 2 aliphatic rings. The van der Waals surface area contributed by atoms with E-state index in [1.807, 2.05) is 19.1 Å². The van der Waals surface area contributed by atoms with Crippen LogP contribution < -0.4 is 20.5 Å². The molecule has 8 nitrogen and oxygen atoms in total. The molecule has 0 aliphatic carbocycles. The predicted molar refractivity (Wildman–Crippen MR) is 104 cm³/mol. The van der Waals surface area contributed by atoms with Crippen LogP contribution in [0.25, 0.3) is 0 Å². The lowest BCUT2D eigenvalue weighted by Gasteiger charge is -2.24. The summed E-state index contributed by atoms with van der Waals surface area (Å²) in [5.41, 5.74) is 7.80. The summed E-state index contributed by atoms with van der Waals surface area (Å²) in [6, 6.07) is 9.76. The first-order valence-corrected chi connectivity index (χ1v) is 9.31. The van der Waals surface area contributed by atoms with E-state index < -0.39 is 11.9 Å². The topological polar surface area (TPSA) is 111 Å². The number of benzene rings is 2. The van der Waals surface area contributed by atoms with Gasteiger partial charge < -0.3 is 25.4 Å². The van der Waals surface area contributed by atoms with Crippen molar-refractivity contribution in [2.75, 3.05) is 12.1 Å². The second kappa shape index (κ2) is 7.46. The summed E-state index contributed by atoms with van der Waals surface area (Å²) >= 11 is 0. The lowest BCUT2D eigenvalue weighted by molar-refractivity contribution is -0.133. The number of carbonyl (C=O) groups is 3. The summed E-state index contributed by atoms with van der Waals surface area (Å²) < 4.78 is 10.7. The highest BCUT2D eigenvalue weighted by molar-refractivity contribution is 6.01. The van der Waals surface area contributed by atoms with E-state index in [2.05, 4.69) is 5.32 Å². The molecule has 0 spiro atoms. The van der Waals surface area contributed by atoms with Crippen LogP contribution in [0.4, 0.5) is 5.69 Å². The van der Waals surface area contributed by atoms with Crippen LogP contribution in [-0.2, 0) is 16.1 Å². The number of primary amides is 1. The average molecular weight is 395 g/mol. The molecule has 0 aromatic heterocycles. The lowest BCUT2D eigenvalue weighted by Crippen LogP contribution is -2.41. The van der Waals surface area contributed by atoms with Crippen molar-refractivity contribution < 1.29 is 23.9 Å². The number of nitrogens with zero attached hydrogens (tertiary/aromatic N) is 1. The van der Waals surface area contributed by atoms with Crippen molar-refractivity contribution in [1.82, 2.24) is 4.90 Å². The molecule has 0 bridgehead atoms. The fraction of sp³-hybridized carbons (Fsp3) is 0.286. The third-order valence-electron chi connectivity index (χ3n) is 5.20. The third-order valence-corrected chi connectivity index (χ3v) is 5.20. The predicted octanol–water partition coefficient (Wildman–Crippen LogP) is 1.95. The van der Waals surface area contributed by atoms with E-state index in [4.69, 9.17) is 15.2 Å². The molecular weight excluding hydrogens is 374 g/mol. The monoisotopic (exact) mass is 395 g/mol. The van der Waals surface area contributed by atoms with Crippen molar-refractivity contribution in [3.05, 3.63) is 53.1 Å². The molecule has 1 atom stereocenters. The van der Waals surface area contributed by atoms with E-state index in [9.17, 15) is 14.4 Å². The SMILES string of the molecule is Cc1ccc(C(N)=O)cc1NC(=O)C1CCC(=O)N1Cc1ccc2c(c1)OCO2. The number of nitrogens with one attached hydrogen (secondary N) is 1. The standard InChI is InChI=1S/C21H21N3O5/c1-12-2-4-14(20(22)26)9-15(12)23-21(27)16-5-7-19(25)24(16)10-13-3-6-17-18(8-13)29-11-28-17/h2-4,6,8-9,16H,5,7,10-11H2,1H3,(H2,22,26)(H,23,27). The van der Waals surface area contributed by atoms with Crippen LogP contribution >= 0.6 is 0 Å². The fourth-order valence-corrected chi connectivity index (χ4v) is 3.57. The molecule has 150 valence electrons. The van der Waals surface area contributed by atoms with Crippen molar-refractivity contribution in [3.8, 4) is 11.5 Å². The first-order chi connectivity index (χ1) is 13.9. The maximum absolute atomic E-state index is 12.9. The molecule has 2 aromatic carbocycles. The number of amides is 3. The van der Waals surface area contributed by atoms with E-state index >= 15 is 0 Å². The van der Waals surface area contributed by atoms with Crippen LogP contribution in [0.2, 0.25) is 0 Å².